The quantitative estimate of drug-likeness (QED) is 0.700. The Bertz CT molecular complexity index is 747. The number of esters is 1. The highest BCUT2D eigenvalue weighted by molar-refractivity contribution is 9.11. The number of aromatic nitrogens is 2. The predicted molar refractivity (Wildman–Crippen MR) is 97.7 cm³/mol. The molecule has 0 bridgehead atoms. The lowest BCUT2D eigenvalue weighted by molar-refractivity contribution is -0.140. The molecule has 0 saturated carbocycles. The molecule has 0 N–H and O–H groups in total. The van der Waals surface area contributed by atoms with E-state index >= 15 is 0 Å². The van der Waals surface area contributed by atoms with Gasteiger partial charge in [-0.05, 0) is 41.1 Å². The standard InChI is InChI=1S/C16H17BrN4O3S/c1-11(24-15(23)12-3-4-13(17)25-12)14(22)20-7-9-21(10-8-20)16-18-5-2-6-19-16/h2-6,11H,7-10H2,1H3. The Morgan fingerprint density at radius 2 is 1.88 bits per heavy atom. The first kappa shape index (κ1) is 17.8. The first-order valence-corrected chi connectivity index (χ1v) is 9.42. The number of thiophene rings is 1. The topological polar surface area (TPSA) is 75.6 Å². The Labute approximate surface area is 157 Å². The molecule has 1 fully saturated rings. The second kappa shape index (κ2) is 7.92. The van der Waals surface area contributed by atoms with Crippen molar-refractivity contribution >= 4 is 45.1 Å². The van der Waals surface area contributed by atoms with Crippen molar-refractivity contribution in [2.75, 3.05) is 31.1 Å². The molecule has 2 aromatic rings. The van der Waals surface area contributed by atoms with Gasteiger partial charge >= 0.3 is 5.97 Å². The zero-order valence-electron chi connectivity index (χ0n) is 13.6. The zero-order valence-corrected chi connectivity index (χ0v) is 16.0. The Hall–Kier alpha value is -2.00. The van der Waals surface area contributed by atoms with Gasteiger partial charge in [0.1, 0.15) is 4.88 Å². The van der Waals surface area contributed by atoms with Crippen molar-refractivity contribution in [3.8, 4) is 0 Å². The molecule has 0 spiro atoms. The predicted octanol–water partition coefficient (Wildman–Crippen LogP) is 2.19. The Morgan fingerprint density at radius 1 is 1.20 bits per heavy atom. The van der Waals surface area contributed by atoms with Crippen LogP contribution in [0.2, 0.25) is 0 Å². The minimum atomic E-state index is -0.812. The van der Waals surface area contributed by atoms with Crippen molar-refractivity contribution in [3.63, 3.8) is 0 Å². The van der Waals surface area contributed by atoms with E-state index in [0.717, 1.165) is 3.79 Å². The minimum Gasteiger partial charge on any atom is -0.448 e. The number of amides is 1. The summed E-state index contributed by atoms with van der Waals surface area (Å²) in [5.74, 6) is 0.00261. The van der Waals surface area contributed by atoms with Gasteiger partial charge in [-0.3, -0.25) is 4.79 Å². The van der Waals surface area contributed by atoms with Crippen LogP contribution < -0.4 is 4.90 Å². The van der Waals surface area contributed by atoms with Gasteiger partial charge in [-0.25, -0.2) is 14.8 Å². The van der Waals surface area contributed by atoms with E-state index in [9.17, 15) is 9.59 Å². The Kier molecular flexibility index (Phi) is 5.64. The average molecular weight is 425 g/mol. The fraction of sp³-hybridized carbons (Fsp3) is 0.375. The molecule has 132 valence electrons. The maximum atomic E-state index is 12.5. The van der Waals surface area contributed by atoms with Crippen LogP contribution in [0.1, 0.15) is 16.6 Å². The highest BCUT2D eigenvalue weighted by Crippen LogP contribution is 2.23. The normalized spacial score (nSPS) is 15.8. The Balaban J connectivity index is 1.52. The van der Waals surface area contributed by atoms with E-state index < -0.39 is 12.1 Å². The average Bonchev–Trinajstić information content (AvgIpc) is 3.08. The summed E-state index contributed by atoms with van der Waals surface area (Å²) >= 11 is 4.58. The van der Waals surface area contributed by atoms with Crippen LogP contribution in [0.3, 0.4) is 0 Å². The number of carbonyl (C=O) groups excluding carboxylic acids is 2. The van der Waals surface area contributed by atoms with Gasteiger partial charge in [0.25, 0.3) is 5.91 Å². The van der Waals surface area contributed by atoms with Crippen molar-refractivity contribution < 1.29 is 14.3 Å². The van der Waals surface area contributed by atoms with Gasteiger partial charge in [0.05, 0.1) is 3.79 Å². The molecular formula is C16H17BrN4O3S. The third-order valence-corrected chi connectivity index (χ3v) is 5.44. The monoisotopic (exact) mass is 424 g/mol. The smallest absolute Gasteiger partial charge is 0.349 e. The van der Waals surface area contributed by atoms with Crippen LogP contribution in [0, 0.1) is 0 Å². The van der Waals surface area contributed by atoms with E-state index in [1.807, 2.05) is 4.90 Å². The van der Waals surface area contributed by atoms with Gasteiger partial charge in [0.2, 0.25) is 5.95 Å². The highest BCUT2D eigenvalue weighted by Gasteiger charge is 2.28. The molecule has 1 atom stereocenters. The van der Waals surface area contributed by atoms with E-state index in [4.69, 9.17) is 4.74 Å². The maximum Gasteiger partial charge on any atom is 0.349 e. The van der Waals surface area contributed by atoms with Gasteiger partial charge < -0.3 is 14.5 Å². The first-order chi connectivity index (χ1) is 12.0. The van der Waals surface area contributed by atoms with Gasteiger partial charge in [0.15, 0.2) is 6.10 Å². The number of nitrogens with zero attached hydrogens (tertiary/aromatic N) is 4. The number of rotatable bonds is 4. The maximum absolute atomic E-state index is 12.5. The summed E-state index contributed by atoms with van der Waals surface area (Å²) in [6, 6.07) is 5.22. The van der Waals surface area contributed by atoms with Gasteiger partial charge in [-0.15, -0.1) is 11.3 Å². The number of halogens is 1. The number of anilines is 1. The van der Waals surface area contributed by atoms with Crippen molar-refractivity contribution in [1.29, 1.82) is 0 Å². The highest BCUT2D eigenvalue weighted by atomic mass is 79.9. The second-order valence-corrected chi connectivity index (χ2v) is 7.98. The molecule has 3 rings (SSSR count). The third kappa shape index (κ3) is 4.35. The largest absolute Gasteiger partial charge is 0.448 e. The van der Waals surface area contributed by atoms with Crippen LogP contribution in [-0.2, 0) is 9.53 Å². The van der Waals surface area contributed by atoms with E-state index in [2.05, 4.69) is 25.9 Å². The summed E-state index contributed by atoms with van der Waals surface area (Å²) in [5, 5.41) is 0. The molecular weight excluding hydrogens is 408 g/mol. The van der Waals surface area contributed by atoms with Crippen LogP contribution >= 0.6 is 27.3 Å². The third-order valence-electron chi connectivity index (χ3n) is 3.83. The molecule has 1 saturated heterocycles. The van der Waals surface area contributed by atoms with Gasteiger partial charge in [0, 0.05) is 38.6 Å². The molecule has 7 nitrogen and oxygen atoms in total. The molecule has 3 heterocycles. The lowest BCUT2D eigenvalue weighted by Crippen LogP contribution is -2.52. The molecule has 1 aliphatic rings. The summed E-state index contributed by atoms with van der Waals surface area (Å²) in [5.41, 5.74) is 0. The lowest BCUT2D eigenvalue weighted by Gasteiger charge is -2.35. The Morgan fingerprint density at radius 3 is 2.48 bits per heavy atom. The van der Waals surface area contributed by atoms with Crippen molar-refractivity contribution in [2.24, 2.45) is 0 Å². The van der Waals surface area contributed by atoms with Crippen LogP contribution in [0.15, 0.2) is 34.4 Å². The van der Waals surface area contributed by atoms with E-state index in [-0.39, 0.29) is 5.91 Å². The molecule has 25 heavy (non-hydrogen) atoms. The summed E-state index contributed by atoms with van der Waals surface area (Å²) in [6.45, 7) is 3.99. The van der Waals surface area contributed by atoms with Gasteiger partial charge in [-0.1, -0.05) is 0 Å². The molecule has 0 aromatic carbocycles. The number of piperazine rings is 1. The summed E-state index contributed by atoms with van der Waals surface area (Å²) in [7, 11) is 0. The molecule has 1 aliphatic heterocycles. The molecule has 2 aromatic heterocycles. The van der Waals surface area contributed by atoms with E-state index in [0.29, 0.717) is 37.0 Å². The van der Waals surface area contributed by atoms with Crippen LogP contribution in [-0.4, -0.2) is 59.0 Å². The van der Waals surface area contributed by atoms with Gasteiger partial charge in [-0.2, -0.15) is 0 Å². The fourth-order valence-electron chi connectivity index (χ4n) is 2.53. The molecule has 0 aliphatic carbocycles. The lowest BCUT2D eigenvalue weighted by atomic mass is 10.2. The van der Waals surface area contributed by atoms with E-state index in [1.165, 1.54) is 11.3 Å². The summed E-state index contributed by atoms with van der Waals surface area (Å²) < 4.78 is 6.14. The van der Waals surface area contributed by atoms with Crippen molar-refractivity contribution in [1.82, 2.24) is 14.9 Å². The molecule has 1 amide bonds. The van der Waals surface area contributed by atoms with Crippen LogP contribution in [0.5, 0.6) is 0 Å². The van der Waals surface area contributed by atoms with Crippen molar-refractivity contribution in [2.45, 2.75) is 13.0 Å². The van der Waals surface area contributed by atoms with E-state index in [1.54, 1.807) is 42.4 Å². The number of carbonyl (C=O) groups is 2. The summed E-state index contributed by atoms with van der Waals surface area (Å²) in [6.07, 6.45) is 2.59. The fourth-order valence-corrected chi connectivity index (χ4v) is 3.80. The summed E-state index contributed by atoms with van der Waals surface area (Å²) in [4.78, 5) is 37.2. The molecule has 9 heteroatoms. The number of hydrogen-bond donors (Lipinski definition) is 0. The molecule has 0 radical (unpaired) electrons. The van der Waals surface area contributed by atoms with Crippen molar-refractivity contribution in [3.05, 3.63) is 39.3 Å². The van der Waals surface area contributed by atoms with Crippen LogP contribution in [0.25, 0.3) is 0 Å². The SMILES string of the molecule is CC(OC(=O)c1ccc(Br)s1)C(=O)N1CCN(c2ncccn2)CC1. The first-order valence-electron chi connectivity index (χ1n) is 7.81. The zero-order chi connectivity index (χ0) is 17.8. The minimum absolute atomic E-state index is 0.183. The molecule has 1 unspecified atom stereocenters. The van der Waals surface area contributed by atoms with Crippen LogP contribution in [0.4, 0.5) is 5.95 Å². The number of ether oxygens (including phenoxy) is 1. The second-order valence-electron chi connectivity index (χ2n) is 5.51. The number of hydrogen-bond acceptors (Lipinski definition) is 7.